The largest absolute Gasteiger partial charge is 0.306 e. The lowest BCUT2D eigenvalue weighted by Gasteiger charge is -2.04. The Labute approximate surface area is 109 Å². The van der Waals surface area contributed by atoms with Crippen LogP contribution in [0.15, 0.2) is 37.1 Å². The van der Waals surface area contributed by atoms with E-state index in [0.717, 1.165) is 22.6 Å². The van der Waals surface area contributed by atoms with Crippen molar-refractivity contribution in [3.05, 3.63) is 48.4 Å². The fraction of sp³-hybridized carbons (Fsp3) is 0.167. The number of hydrogen-bond donors (Lipinski definition) is 3. The van der Waals surface area contributed by atoms with Crippen LogP contribution in [0.4, 0.5) is 0 Å². The topological polar surface area (TPSA) is 95.2 Å². The van der Waals surface area contributed by atoms with E-state index >= 15 is 0 Å². The lowest BCUT2D eigenvalue weighted by atomic mass is 10.1. The van der Waals surface area contributed by atoms with Gasteiger partial charge in [-0.2, -0.15) is 10.2 Å². The summed E-state index contributed by atoms with van der Waals surface area (Å²) >= 11 is 0. The molecule has 0 aromatic carbocycles. The van der Waals surface area contributed by atoms with Crippen molar-refractivity contribution in [2.45, 2.75) is 13.1 Å². The van der Waals surface area contributed by atoms with Gasteiger partial charge in [0.25, 0.3) is 0 Å². The monoisotopic (exact) mass is 255 g/mol. The molecule has 0 aliphatic rings. The maximum absolute atomic E-state index is 4.11. The van der Waals surface area contributed by atoms with Crippen molar-refractivity contribution in [1.82, 2.24) is 35.7 Å². The van der Waals surface area contributed by atoms with Gasteiger partial charge in [0.2, 0.25) is 0 Å². The maximum atomic E-state index is 4.11. The third-order valence-corrected chi connectivity index (χ3v) is 2.74. The van der Waals surface area contributed by atoms with E-state index in [4.69, 9.17) is 0 Å². The van der Waals surface area contributed by atoms with Crippen LogP contribution < -0.4 is 5.32 Å². The van der Waals surface area contributed by atoms with Crippen molar-refractivity contribution in [3.63, 3.8) is 0 Å². The number of aromatic nitrogens is 6. The SMILES string of the molecule is c1cncc(-c2[nH]ncc2CNCc2ncn[nH]2)c1. The number of rotatable bonds is 5. The highest BCUT2D eigenvalue weighted by Gasteiger charge is 2.07. The molecule has 0 bridgehead atoms. The molecule has 0 saturated carbocycles. The van der Waals surface area contributed by atoms with Gasteiger partial charge in [-0.25, -0.2) is 4.98 Å². The second kappa shape index (κ2) is 5.40. The molecule has 0 saturated heterocycles. The summed E-state index contributed by atoms with van der Waals surface area (Å²) < 4.78 is 0. The highest BCUT2D eigenvalue weighted by Crippen LogP contribution is 2.19. The van der Waals surface area contributed by atoms with Crippen LogP contribution in [0.25, 0.3) is 11.3 Å². The summed E-state index contributed by atoms with van der Waals surface area (Å²) in [7, 11) is 0. The standard InChI is InChI=1S/C12H13N7/c1-2-9(4-13-3-1)12-10(6-16-19-12)5-14-7-11-15-8-17-18-11/h1-4,6,8,14H,5,7H2,(H,16,19)(H,15,17,18). The summed E-state index contributed by atoms with van der Waals surface area (Å²) in [5.41, 5.74) is 3.10. The van der Waals surface area contributed by atoms with Crippen LogP contribution in [0.5, 0.6) is 0 Å². The van der Waals surface area contributed by atoms with E-state index in [9.17, 15) is 0 Å². The first kappa shape index (κ1) is 11.5. The van der Waals surface area contributed by atoms with Gasteiger partial charge < -0.3 is 5.32 Å². The first-order valence-corrected chi connectivity index (χ1v) is 5.91. The normalized spacial score (nSPS) is 10.7. The minimum atomic E-state index is 0.637. The second-order valence-electron chi connectivity index (χ2n) is 4.05. The predicted molar refractivity (Wildman–Crippen MR) is 68.7 cm³/mol. The van der Waals surface area contributed by atoms with Crippen molar-refractivity contribution >= 4 is 0 Å². The van der Waals surface area contributed by atoms with Crippen LogP contribution >= 0.6 is 0 Å². The molecule has 7 nitrogen and oxygen atoms in total. The van der Waals surface area contributed by atoms with Gasteiger partial charge in [0.1, 0.15) is 12.2 Å². The molecule has 3 heterocycles. The van der Waals surface area contributed by atoms with E-state index in [2.05, 4.69) is 35.7 Å². The summed E-state index contributed by atoms with van der Waals surface area (Å²) in [4.78, 5) is 8.16. The average molecular weight is 255 g/mol. The Balaban J connectivity index is 1.67. The summed E-state index contributed by atoms with van der Waals surface area (Å²) in [6.45, 7) is 1.33. The van der Waals surface area contributed by atoms with E-state index in [-0.39, 0.29) is 0 Å². The Bertz CT molecular complexity index is 615. The molecular weight excluding hydrogens is 242 g/mol. The molecule has 0 spiro atoms. The lowest BCUT2D eigenvalue weighted by molar-refractivity contribution is 0.666. The van der Waals surface area contributed by atoms with Crippen LogP contribution in [0.2, 0.25) is 0 Å². The molecular formula is C12H13N7. The first-order valence-electron chi connectivity index (χ1n) is 5.91. The average Bonchev–Trinajstić information content (AvgIpc) is 3.11. The van der Waals surface area contributed by atoms with Crippen LogP contribution in [-0.4, -0.2) is 30.4 Å². The van der Waals surface area contributed by atoms with Crippen LogP contribution in [0.3, 0.4) is 0 Å². The molecule has 0 aliphatic heterocycles. The van der Waals surface area contributed by atoms with Gasteiger partial charge in [-0.3, -0.25) is 15.2 Å². The molecule has 0 aliphatic carbocycles. The number of H-pyrrole nitrogens is 2. The second-order valence-corrected chi connectivity index (χ2v) is 4.05. The van der Waals surface area contributed by atoms with Gasteiger partial charge in [-0.1, -0.05) is 0 Å². The molecule has 0 unspecified atom stereocenters. The van der Waals surface area contributed by atoms with E-state index in [0.29, 0.717) is 13.1 Å². The van der Waals surface area contributed by atoms with Crippen molar-refractivity contribution in [1.29, 1.82) is 0 Å². The molecule has 3 rings (SSSR count). The Kier molecular flexibility index (Phi) is 3.28. The Morgan fingerprint density at radius 3 is 2.89 bits per heavy atom. The molecule has 0 amide bonds. The molecule has 0 radical (unpaired) electrons. The van der Waals surface area contributed by atoms with E-state index in [1.165, 1.54) is 6.33 Å². The van der Waals surface area contributed by atoms with Crippen molar-refractivity contribution in [2.75, 3.05) is 0 Å². The maximum Gasteiger partial charge on any atom is 0.138 e. The smallest absolute Gasteiger partial charge is 0.138 e. The number of pyridine rings is 1. The zero-order valence-electron chi connectivity index (χ0n) is 10.2. The summed E-state index contributed by atoms with van der Waals surface area (Å²) in [5.74, 6) is 0.812. The molecule has 7 heteroatoms. The van der Waals surface area contributed by atoms with E-state index in [1.807, 2.05) is 24.5 Å². The fourth-order valence-electron chi connectivity index (χ4n) is 1.84. The summed E-state index contributed by atoms with van der Waals surface area (Å²) in [5, 5.41) is 17.0. The number of aromatic amines is 2. The molecule has 3 aromatic heterocycles. The highest BCUT2D eigenvalue weighted by atomic mass is 15.2. The summed E-state index contributed by atoms with van der Waals surface area (Å²) in [6, 6.07) is 3.91. The molecule has 96 valence electrons. The quantitative estimate of drug-likeness (QED) is 0.629. The Morgan fingerprint density at radius 1 is 1.11 bits per heavy atom. The van der Waals surface area contributed by atoms with Gasteiger partial charge in [0.15, 0.2) is 0 Å². The Morgan fingerprint density at radius 2 is 2.11 bits per heavy atom. The highest BCUT2D eigenvalue weighted by molar-refractivity contribution is 5.61. The van der Waals surface area contributed by atoms with E-state index < -0.39 is 0 Å². The van der Waals surface area contributed by atoms with Gasteiger partial charge in [0, 0.05) is 30.1 Å². The molecule has 3 N–H and O–H groups in total. The van der Waals surface area contributed by atoms with Crippen molar-refractivity contribution in [2.24, 2.45) is 0 Å². The molecule has 3 aromatic rings. The predicted octanol–water partition coefficient (Wildman–Crippen LogP) is 0.880. The van der Waals surface area contributed by atoms with Crippen molar-refractivity contribution in [3.8, 4) is 11.3 Å². The van der Waals surface area contributed by atoms with Gasteiger partial charge >= 0.3 is 0 Å². The number of nitrogens with zero attached hydrogens (tertiary/aromatic N) is 4. The third-order valence-electron chi connectivity index (χ3n) is 2.74. The third kappa shape index (κ3) is 2.66. The Hall–Kier alpha value is -2.54. The first-order chi connectivity index (χ1) is 9.43. The summed E-state index contributed by atoms with van der Waals surface area (Å²) in [6.07, 6.45) is 6.88. The van der Waals surface area contributed by atoms with Crippen LogP contribution in [0.1, 0.15) is 11.4 Å². The fourth-order valence-corrected chi connectivity index (χ4v) is 1.84. The van der Waals surface area contributed by atoms with Gasteiger partial charge in [-0.15, -0.1) is 0 Å². The van der Waals surface area contributed by atoms with Crippen molar-refractivity contribution < 1.29 is 0 Å². The van der Waals surface area contributed by atoms with Gasteiger partial charge in [0.05, 0.1) is 18.4 Å². The van der Waals surface area contributed by atoms with Gasteiger partial charge in [-0.05, 0) is 12.1 Å². The minimum Gasteiger partial charge on any atom is -0.306 e. The molecule has 0 atom stereocenters. The number of nitrogens with one attached hydrogen (secondary N) is 3. The lowest BCUT2D eigenvalue weighted by Crippen LogP contribution is -2.13. The molecule has 19 heavy (non-hydrogen) atoms. The zero-order chi connectivity index (χ0) is 12.9. The van der Waals surface area contributed by atoms with Crippen LogP contribution in [0, 0.1) is 0 Å². The minimum absolute atomic E-state index is 0.637. The number of hydrogen-bond acceptors (Lipinski definition) is 5. The molecule has 0 fully saturated rings. The zero-order valence-corrected chi connectivity index (χ0v) is 10.2. The van der Waals surface area contributed by atoms with Crippen LogP contribution in [-0.2, 0) is 13.1 Å². The van der Waals surface area contributed by atoms with E-state index in [1.54, 1.807) is 6.20 Å².